The van der Waals surface area contributed by atoms with Gasteiger partial charge >= 0.3 is 0 Å². The van der Waals surface area contributed by atoms with Gasteiger partial charge in [0.15, 0.2) is 0 Å². The van der Waals surface area contributed by atoms with Crippen molar-refractivity contribution in [2.24, 2.45) is 11.1 Å². The molecule has 4 nitrogen and oxygen atoms in total. The Morgan fingerprint density at radius 1 is 1.31 bits per heavy atom. The number of carbonyl (C=O) groups is 1. The molecule has 1 saturated heterocycles. The van der Waals surface area contributed by atoms with Gasteiger partial charge in [-0.1, -0.05) is 19.8 Å². The van der Waals surface area contributed by atoms with E-state index in [9.17, 15) is 4.79 Å². The first kappa shape index (κ1) is 13.5. The average Bonchev–Trinajstić information content (AvgIpc) is 2.23. The lowest BCUT2D eigenvalue weighted by Gasteiger charge is -2.38. The number of rotatable bonds is 8. The summed E-state index contributed by atoms with van der Waals surface area (Å²) >= 11 is 0. The average molecular weight is 228 g/mol. The number of hydrogen-bond donors (Lipinski definition) is 2. The molecular weight excluding hydrogens is 204 g/mol. The maximum Gasteiger partial charge on any atom is 0.220 e. The van der Waals surface area contributed by atoms with E-state index in [4.69, 9.17) is 10.5 Å². The van der Waals surface area contributed by atoms with E-state index in [0.29, 0.717) is 6.42 Å². The van der Waals surface area contributed by atoms with E-state index in [2.05, 4.69) is 12.2 Å². The summed E-state index contributed by atoms with van der Waals surface area (Å²) < 4.78 is 5.13. The standard InChI is InChI=1S/C12H24N2O2/c1-12(9-16-10-12)8-14-11(15)6-4-2-3-5-7-13/h2-10,13H2,1H3,(H,14,15). The summed E-state index contributed by atoms with van der Waals surface area (Å²) in [7, 11) is 0. The van der Waals surface area contributed by atoms with Crippen molar-refractivity contribution in [3.05, 3.63) is 0 Å². The second-order valence-electron chi connectivity index (χ2n) is 5.03. The van der Waals surface area contributed by atoms with Crippen molar-refractivity contribution in [3.8, 4) is 0 Å². The van der Waals surface area contributed by atoms with Crippen LogP contribution in [0.2, 0.25) is 0 Å². The third kappa shape index (κ3) is 4.94. The largest absolute Gasteiger partial charge is 0.380 e. The number of amides is 1. The van der Waals surface area contributed by atoms with Gasteiger partial charge in [-0.3, -0.25) is 4.79 Å². The van der Waals surface area contributed by atoms with Crippen LogP contribution in [-0.4, -0.2) is 32.2 Å². The summed E-state index contributed by atoms with van der Waals surface area (Å²) in [6, 6.07) is 0. The van der Waals surface area contributed by atoms with Gasteiger partial charge in [-0.15, -0.1) is 0 Å². The summed E-state index contributed by atoms with van der Waals surface area (Å²) in [5.41, 5.74) is 5.57. The normalized spacial score (nSPS) is 17.9. The summed E-state index contributed by atoms with van der Waals surface area (Å²) in [6.45, 7) is 5.17. The molecule has 0 unspecified atom stereocenters. The number of ether oxygens (including phenoxy) is 1. The Balaban J connectivity index is 1.94. The first-order valence-corrected chi connectivity index (χ1v) is 6.21. The van der Waals surface area contributed by atoms with Crippen molar-refractivity contribution in [2.45, 2.75) is 39.0 Å². The number of unbranched alkanes of at least 4 members (excludes halogenated alkanes) is 3. The lowest BCUT2D eigenvalue weighted by molar-refractivity contribution is -0.126. The summed E-state index contributed by atoms with van der Waals surface area (Å²) in [4.78, 5) is 11.5. The molecule has 4 heteroatoms. The van der Waals surface area contributed by atoms with Gasteiger partial charge in [-0.05, 0) is 19.4 Å². The van der Waals surface area contributed by atoms with Crippen molar-refractivity contribution in [2.75, 3.05) is 26.3 Å². The third-order valence-corrected chi connectivity index (χ3v) is 2.97. The molecule has 0 aromatic rings. The Kier molecular flexibility index (Phi) is 5.77. The highest BCUT2D eigenvalue weighted by Crippen LogP contribution is 2.25. The van der Waals surface area contributed by atoms with E-state index in [1.807, 2.05) is 0 Å². The van der Waals surface area contributed by atoms with E-state index in [0.717, 1.165) is 52.0 Å². The lowest BCUT2D eigenvalue weighted by Crippen LogP contribution is -2.48. The minimum atomic E-state index is 0.167. The van der Waals surface area contributed by atoms with Crippen molar-refractivity contribution in [1.82, 2.24) is 5.32 Å². The van der Waals surface area contributed by atoms with E-state index < -0.39 is 0 Å². The first-order valence-electron chi connectivity index (χ1n) is 6.21. The Morgan fingerprint density at radius 2 is 2.00 bits per heavy atom. The molecule has 3 N–H and O–H groups in total. The van der Waals surface area contributed by atoms with Gasteiger partial charge in [0.25, 0.3) is 0 Å². The van der Waals surface area contributed by atoms with Gasteiger partial charge < -0.3 is 15.8 Å². The third-order valence-electron chi connectivity index (χ3n) is 2.97. The fourth-order valence-electron chi connectivity index (χ4n) is 1.74. The highest BCUT2D eigenvalue weighted by atomic mass is 16.5. The molecule has 0 aromatic heterocycles. The summed E-state index contributed by atoms with van der Waals surface area (Å²) in [5.74, 6) is 0.167. The van der Waals surface area contributed by atoms with Gasteiger partial charge in [0.1, 0.15) is 0 Å². The molecule has 16 heavy (non-hydrogen) atoms. The minimum Gasteiger partial charge on any atom is -0.380 e. The smallest absolute Gasteiger partial charge is 0.220 e. The molecule has 0 radical (unpaired) electrons. The van der Waals surface area contributed by atoms with Crippen LogP contribution in [0.3, 0.4) is 0 Å². The quantitative estimate of drug-likeness (QED) is 0.610. The number of nitrogens with one attached hydrogen (secondary N) is 1. The van der Waals surface area contributed by atoms with Gasteiger partial charge in [-0.25, -0.2) is 0 Å². The number of carbonyl (C=O) groups excluding carboxylic acids is 1. The highest BCUT2D eigenvalue weighted by molar-refractivity contribution is 5.75. The van der Waals surface area contributed by atoms with Crippen molar-refractivity contribution in [3.63, 3.8) is 0 Å². The predicted octanol–water partition coefficient (Wildman–Crippen LogP) is 1.05. The summed E-state index contributed by atoms with van der Waals surface area (Å²) in [6.07, 6.45) is 4.91. The van der Waals surface area contributed by atoms with Crippen LogP contribution >= 0.6 is 0 Å². The van der Waals surface area contributed by atoms with Crippen LogP contribution in [0.25, 0.3) is 0 Å². The van der Waals surface area contributed by atoms with Crippen LogP contribution in [0.5, 0.6) is 0 Å². The summed E-state index contributed by atoms with van der Waals surface area (Å²) in [5, 5.41) is 2.97. The molecule has 94 valence electrons. The second kappa shape index (κ2) is 6.86. The van der Waals surface area contributed by atoms with Crippen molar-refractivity contribution in [1.29, 1.82) is 0 Å². The monoisotopic (exact) mass is 228 g/mol. The molecule has 0 aromatic carbocycles. The number of nitrogens with two attached hydrogens (primary N) is 1. The van der Waals surface area contributed by atoms with E-state index in [-0.39, 0.29) is 11.3 Å². The fourth-order valence-corrected chi connectivity index (χ4v) is 1.74. The Bertz CT molecular complexity index is 215. The molecule has 0 spiro atoms. The van der Waals surface area contributed by atoms with Gasteiger partial charge in [-0.2, -0.15) is 0 Å². The molecule has 1 aliphatic rings. The molecule has 0 bridgehead atoms. The topological polar surface area (TPSA) is 64.4 Å². The molecule has 0 aliphatic carbocycles. The Hall–Kier alpha value is -0.610. The minimum absolute atomic E-state index is 0.167. The molecule has 1 amide bonds. The SMILES string of the molecule is CC1(CNC(=O)CCCCCCN)COC1. The van der Waals surface area contributed by atoms with Crippen LogP contribution < -0.4 is 11.1 Å². The first-order chi connectivity index (χ1) is 7.66. The molecule has 1 aliphatic heterocycles. The number of hydrogen-bond acceptors (Lipinski definition) is 3. The molecule has 1 fully saturated rings. The van der Waals surface area contributed by atoms with Crippen LogP contribution in [0, 0.1) is 5.41 Å². The van der Waals surface area contributed by atoms with Gasteiger partial charge in [0.05, 0.1) is 13.2 Å². The molecule has 1 rings (SSSR count). The van der Waals surface area contributed by atoms with Gasteiger partial charge in [0.2, 0.25) is 5.91 Å². The Morgan fingerprint density at radius 3 is 2.56 bits per heavy atom. The van der Waals surface area contributed by atoms with E-state index in [1.54, 1.807) is 0 Å². The zero-order chi connectivity index (χ0) is 11.9. The predicted molar refractivity (Wildman–Crippen MR) is 64.1 cm³/mol. The van der Waals surface area contributed by atoms with Crippen LogP contribution in [0.4, 0.5) is 0 Å². The Labute approximate surface area is 97.9 Å². The highest BCUT2D eigenvalue weighted by Gasteiger charge is 2.33. The molecule has 1 heterocycles. The molecular formula is C12H24N2O2. The van der Waals surface area contributed by atoms with Crippen LogP contribution in [0.15, 0.2) is 0 Å². The molecule has 0 atom stereocenters. The van der Waals surface area contributed by atoms with E-state index in [1.165, 1.54) is 0 Å². The maximum absolute atomic E-state index is 11.5. The van der Waals surface area contributed by atoms with Crippen LogP contribution in [0.1, 0.15) is 39.0 Å². The van der Waals surface area contributed by atoms with Crippen LogP contribution in [-0.2, 0) is 9.53 Å². The van der Waals surface area contributed by atoms with Gasteiger partial charge in [0, 0.05) is 18.4 Å². The second-order valence-corrected chi connectivity index (χ2v) is 5.03. The fraction of sp³-hybridized carbons (Fsp3) is 0.917. The zero-order valence-corrected chi connectivity index (χ0v) is 10.3. The lowest BCUT2D eigenvalue weighted by atomic mass is 9.89. The van der Waals surface area contributed by atoms with Crippen molar-refractivity contribution >= 4 is 5.91 Å². The van der Waals surface area contributed by atoms with E-state index >= 15 is 0 Å². The molecule has 0 saturated carbocycles. The maximum atomic E-state index is 11.5. The van der Waals surface area contributed by atoms with Crippen molar-refractivity contribution < 1.29 is 9.53 Å². The zero-order valence-electron chi connectivity index (χ0n) is 10.3.